The van der Waals surface area contributed by atoms with Gasteiger partial charge in [-0.3, -0.25) is 4.28 Å². The molecule has 2 bridgehead atoms. The normalized spacial score (nSPS) is 20.6. The topological polar surface area (TPSA) is 98.0 Å². The lowest BCUT2D eigenvalue weighted by Gasteiger charge is -2.12. The van der Waals surface area contributed by atoms with Gasteiger partial charge in [0.05, 0.1) is 11.1 Å². The van der Waals surface area contributed by atoms with E-state index in [9.17, 15) is 18.6 Å². The van der Waals surface area contributed by atoms with Gasteiger partial charge in [-0.05, 0) is 11.5 Å². The Balaban J connectivity index is 1.62. The highest BCUT2D eigenvalue weighted by molar-refractivity contribution is 7.87. The third-order valence-corrected chi connectivity index (χ3v) is 5.91. The molecule has 0 spiro atoms. The Kier molecular flexibility index (Phi) is 2.96. The summed E-state index contributed by atoms with van der Waals surface area (Å²) in [5, 5.41) is 22.0. The standard InChI is InChI=1S/C18H13NO6S/c20-17-15-12-8-9-13(24-12)16(15)18(21)19(17)25-26(22,23)14-7-3-5-10-4-1-2-6-11(10)14/h1-9,12-13,20-21H. The Morgan fingerprint density at radius 3 is 2.23 bits per heavy atom. The molecule has 2 aromatic carbocycles. The van der Waals surface area contributed by atoms with Gasteiger partial charge in [0.15, 0.2) is 0 Å². The summed E-state index contributed by atoms with van der Waals surface area (Å²) in [6.45, 7) is 0. The van der Waals surface area contributed by atoms with Crippen LogP contribution in [0.15, 0.2) is 59.5 Å². The van der Waals surface area contributed by atoms with Gasteiger partial charge < -0.3 is 14.9 Å². The molecule has 0 fully saturated rings. The molecule has 3 aromatic rings. The average Bonchev–Trinajstić information content (AvgIpc) is 3.31. The second-order valence-corrected chi connectivity index (χ2v) is 7.63. The number of aromatic nitrogens is 1. The van der Waals surface area contributed by atoms with E-state index in [4.69, 9.17) is 9.02 Å². The summed E-state index contributed by atoms with van der Waals surface area (Å²) in [7, 11) is -4.31. The fourth-order valence-electron chi connectivity index (χ4n) is 3.52. The van der Waals surface area contributed by atoms with E-state index in [-0.39, 0.29) is 4.90 Å². The average molecular weight is 371 g/mol. The first-order valence-corrected chi connectivity index (χ1v) is 9.31. The van der Waals surface area contributed by atoms with Gasteiger partial charge in [0.1, 0.15) is 17.1 Å². The lowest BCUT2D eigenvalue weighted by atomic mass is 10.0. The van der Waals surface area contributed by atoms with E-state index in [1.807, 2.05) is 0 Å². The monoisotopic (exact) mass is 371 g/mol. The van der Waals surface area contributed by atoms with Crippen LogP contribution >= 0.6 is 0 Å². The highest BCUT2D eigenvalue weighted by Crippen LogP contribution is 2.54. The molecule has 0 radical (unpaired) electrons. The molecule has 0 saturated heterocycles. The third-order valence-electron chi connectivity index (χ3n) is 4.67. The van der Waals surface area contributed by atoms with Crippen molar-refractivity contribution in [3.8, 4) is 11.8 Å². The quantitative estimate of drug-likeness (QED) is 0.687. The lowest BCUT2D eigenvalue weighted by Crippen LogP contribution is -2.20. The molecule has 2 atom stereocenters. The summed E-state index contributed by atoms with van der Waals surface area (Å²) >= 11 is 0. The van der Waals surface area contributed by atoms with Gasteiger partial charge in [-0.2, -0.15) is 8.42 Å². The molecule has 2 unspecified atom stereocenters. The molecule has 5 rings (SSSR count). The summed E-state index contributed by atoms with van der Waals surface area (Å²) in [5.41, 5.74) is 0.645. The van der Waals surface area contributed by atoms with Crippen LogP contribution in [0.1, 0.15) is 23.3 Å². The third kappa shape index (κ3) is 1.94. The van der Waals surface area contributed by atoms with E-state index in [0.717, 1.165) is 5.39 Å². The maximum absolute atomic E-state index is 12.8. The minimum absolute atomic E-state index is 0.0550. The lowest BCUT2D eigenvalue weighted by molar-refractivity contribution is 0.0799. The smallest absolute Gasteiger partial charge is 0.357 e. The highest BCUT2D eigenvalue weighted by atomic mass is 32.2. The molecule has 26 heavy (non-hydrogen) atoms. The second-order valence-electron chi connectivity index (χ2n) is 6.14. The van der Waals surface area contributed by atoms with Crippen LogP contribution in [0.25, 0.3) is 10.8 Å². The van der Waals surface area contributed by atoms with Gasteiger partial charge in [0, 0.05) is 5.39 Å². The molecule has 3 heterocycles. The van der Waals surface area contributed by atoms with Crippen molar-refractivity contribution < 1.29 is 27.7 Å². The summed E-state index contributed by atoms with van der Waals surface area (Å²) in [5.74, 6) is -0.976. The van der Waals surface area contributed by atoms with E-state index in [2.05, 4.69) is 0 Å². The fourth-order valence-corrected chi connectivity index (χ4v) is 4.64. The predicted molar refractivity (Wildman–Crippen MR) is 91.2 cm³/mol. The number of ether oxygens (including phenoxy) is 1. The Hall–Kier alpha value is -2.97. The molecule has 0 aliphatic carbocycles. The van der Waals surface area contributed by atoms with Crippen molar-refractivity contribution >= 4 is 20.9 Å². The predicted octanol–water partition coefficient (Wildman–Crippen LogP) is 2.55. The van der Waals surface area contributed by atoms with Crippen LogP contribution in [0, 0.1) is 0 Å². The molecule has 7 nitrogen and oxygen atoms in total. The molecule has 2 aliphatic rings. The SMILES string of the molecule is O=S(=O)(On1c(O)c2c(c1O)C1C=CC2O1)c1cccc2ccccc12. The number of hydrogen-bond donors (Lipinski definition) is 2. The Bertz CT molecular complexity index is 1150. The zero-order valence-electron chi connectivity index (χ0n) is 13.2. The van der Waals surface area contributed by atoms with Crippen LogP contribution in [0.2, 0.25) is 0 Å². The molecular formula is C18H13NO6S. The molecule has 132 valence electrons. The second kappa shape index (κ2) is 5.03. The van der Waals surface area contributed by atoms with Gasteiger partial charge in [-0.15, -0.1) is 0 Å². The van der Waals surface area contributed by atoms with Crippen molar-refractivity contribution in [2.24, 2.45) is 0 Å². The summed E-state index contributed by atoms with van der Waals surface area (Å²) in [4.78, 5) is -0.0550. The first-order valence-electron chi connectivity index (χ1n) is 7.90. The summed E-state index contributed by atoms with van der Waals surface area (Å²) in [6.07, 6.45) is 2.42. The van der Waals surface area contributed by atoms with E-state index >= 15 is 0 Å². The van der Waals surface area contributed by atoms with Gasteiger partial charge >= 0.3 is 10.1 Å². The van der Waals surface area contributed by atoms with E-state index < -0.39 is 34.1 Å². The zero-order chi connectivity index (χ0) is 18.1. The minimum Gasteiger partial charge on any atom is -0.492 e. The summed E-state index contributed by atoms with van der Waals surface area (Å²) in [6, 6.07) is 11.8. The van der Waals surface area contributed by atoms with Crippen LogP contribution in [0.4, 0.5) is 0 Å². The summed E-state index contributed by atoms with van der Waals surface area (Å²) < 4.78 is 36.8. The van der Waals surface area contributed by atoms with Crippen LogP contribution in [-0.4, -0.2) is 23.4 Å². The number of fused-ring (bicyclic) bond motifs is 6. The maximum atomic E-state index is 12.8. The zero-order valence-corrected chi connectivity index (χ0v) is 14.1. The molecule has 2 N–H and O–H groups in total. The first kappa shape index (κ1) is 15.3. The van der Waals surface area contributed by atoms with Gasteiger partial charge in [0.25, 0.3) is 0 Å². The Morgan fingerprint density at radius 2 is 1.54 bits per heavy atom. The molecule has 0 amide bonds. The van der Waals surface area contributed by atoms with Crippen LogP contribution in [0.3, 0.4) is 0 Å². The number of aromatic hydroxyl groups is 2. The number of nitrogens with zero attached hydrogens (tertiary/aromatic N) is 1. The first-order chi connectivity index (χ1) is 12.5. The van der Waals surface area contributed by atoms with E-state index in [0.29, 0.717) is 21.2 Å². The van der Waals surface area contributed by atoms with Gasteiger partial charge in [0.2, 0.25) is 11.8 Å². The Morgan fingerprint density at radius 1 is 0.923 bits per heavy atom. The molecule has 2 aliphatic heterocycles. The van der Waals surface area contributed by atoms with Crippen molar-refractivity contribution in [2.75, 3.05) is 0 Å². The Labute approximate surface area is 148 Å². The van der Waals surface area contributed by atoms with Gasteiger partial charge in [-0.1, -0.05) is 53.3 Å². The maximum Gasteiger partial charge on any atom is 0.357 e. The molecular weight excluding hydrogens is 358 g/mol. The minimum atomic E-state index is -4.31. The van der Waals surface area contributed by atoms with Crippen molar-refractivity contribution in [3.63, 3.8) is 0 Å². The number of rotatable bonds is 3. The molecule has 8 heteroatoms. The van der Waals surface area contributed by atoms with E-state index in [1.54, 1.807) is 48.6 Å². The van der Waals surface area contributed by atoms with Gasteiger partial charge in [-0.25, -0.2) is 0 Å². The number of hydrogen-bond acceptors (Lipinski definition) is 6. The largest absolute Gasteiger partial charge is 0.492 e. The van der Waals surface area contributed by atoms with Crippen LogP contribution < -0.4 is 4.28 Å². The van der Waals surface area contributed by atoms with Crippen LogP contribution in [-0.2, 0) is 14.9 Å². The molecule has 0 saturated carbocycles. The fraction of sp³-hybridized carbons (Fsp3) is 0.111. The van der Waals surface area contributed by atoms with Crippen molar-refractivity contribution in [1.29, 1.82) is 0 Å². The van der Waals surface area contributed by atoms with E-state index in [1.165, 1.54) is 6.07 Å². The van der Waals surface area contributed by atoms with Crippen molar-refractivity contribution in [2.45, 2.75) is 17.1 Å². The number of benzene rings is 2. The highest BCUT2D eigenvalue weighted by Gasteiger charge is 2.43. The van der Waals surface area contributed by atoms with Crippen molar-refractivity contribution in [1.82, 2.24) is 4.73 Å². The molecule has 1 aromatic heterocycles. The van der Waals surface area contributed by atoms with Crippen LogP contribution in [0.5, 0.6) is 11.8 Å². The van der Waals surface area contributed by atoms with Crippen molar-refractivity contribution in [3.05, 3.63) is 65.7 Å².